The second-order valence-electron chi connectivity index (χ2n) is 8.96. The average Bonchev–Trinajstić information content (AvgIpc) is 3.54. The van der Waals surface area contributed by atoms with Gasteiger partial charge in [-0.2, -0.15) is 0 Å². The van der Waals surface area contributed by atoms with Gasteiger partial charge in [-0.15, -0.1) is 0 Å². The number of nitrogens with one attached hydrogen (secondary N) is 1. The number of amides is 1. The van der Waals surface area contributed by atoms with Crippen molar-refractivity contribution in [1.29, 1.82) is 0 Å². The van der Waals surface area contributed by atoms with Crippen molar-refractivity contribution in [2.24, 2.45) is 0 Å². The Morgan fingerprint density at radius 3 is 2.78 bits per heavy atom. The maximum atomic E-state index is 15.0. The monoisotopic (exact) mass is 484 g/mol. The number of carbonyl (C=O) groups excluding carboxylic acids is 1. The van der Waals surface area contributed by atoms with E-state index in [0.717, 1.165) is 22.2 Å². The number of carbonyl (C=O) groups is 1. The number of nitrogens with zero attached hydrogens (tertiary/aromatic N) is 3. The summed E-state index contributed by atoms with van der Waals surface area (Å²) in [6.07, 6.45) is 6.38. The molecule has 3 aromatic heterocycles. The minimum Gasteiger partial charge on any atom is -0.379 e. The van der Waals surface area contributed by atoms with Crippen LogP contribution in [0, 0.1) is 11.6 Å². The SMILES string of the molecule is O=C(NC1CCOC1)c1ccc(-c2cc(F)c3ncc(Cc4ccc5ncccc5c4)n3c2)cc1F. The molecule has 1 N–H and O–H groups in total. The van der Waals surface area contributed by atoms with E-state index in [2.05, 4.69) is 21.4 Å². The molecule has 1 saturated heterocycles. The predicted molar refractivity (Wildman–Crippen MR) is 132 cm³/mol. The first kappa shape index (κ1) is 22.3. The quantitative estimate of drug-likeness (QED) is 0.384. The molecule has 4 heterocycles. The molecule has 180 valence electrons. The molecule has 6 nitrogen and oxygen atoms in total. The number of pyridine rings is 2. The summed E-state index contributed by atoms with van der Waals surface area (Å²) in [6, 6.07) is 15.4. The van der Waals surface area contributed by atoms with Gasteiger partial charge in [-0.05, 0) is 53.9 Å². The molecule has 36 heavy (non-hydrogen) atoms. The summed E-state index contributed by atoms with van der Waals surface area (Å²) >= 11 is 0. The molecule has 0 bridgehead atoms. The normalized spacial score (nSPS) is 15.6. The number of halogens is 2. The van der Waals surface area contributed by atoms with Gasteiger partial charge in [0.1, 0.15) is 5.82 Å². The number of benzene rings is 2. The number of hydrogen-bond donors (Lipinski definition) is 1. The van der Waals surface area contributed by atoms with Crippen molar-refractivity contribution < 1.29 is 18.3 Å². The first-order valence-electron chi connectivity index (χ1n) is 11.7. The highest BCUT2D eigenvalue weighted by Gasteiger charge is 2.21. The Morgan fingerprint density at radius 1 is 1.06 bits per heavy atom. The fourth-order valence-electron chi connectivity index (χ4n) is 4.62. The first-order valence-corrected chi connectivity index (χ1v) is 11.7. The Hall–Kier alpha value is -4.17. The van der Waals surface area contributed by atoms with Crippen LogP contribution >= 0.6 is 0 Å². The number of fused-ring (bicyclic) bond motifs is 2. The predicted octanol–water partition coefficient (Wildman–Crippen LogP) is 4.94. The van der Waals surface area contributed by atoms with Crippen LogP contribution in [-0.4, -0.2) is 39.5 Å². The molecule has 0 radical (unpaired) electrons. The highest BCUT2D eigenvalue weighted by Crippen LogP contribution is 2.26. The van der Waals surface area contributed by atoms with Crippen molar-refractivity contribution in [3.05, 3.63) is 102 Å². The topological polar surface area (TPSA) is 68.5 Å². The zero-order chi connectivity index (χ0) is 24.6. The van der Waals surface area contributed by atoms with Crippen LogP contribution in [0.4, 0.5) is 8.78 Å². The second-order valence-corrected chi connectivity index (χ2v) is 8.96. The Labute approximate surface area is 205 Å². The lowest BCUT2D eigenvalue weighted by Crippen LogP contribution is -2.35. The van der Waals surface area contributed by atoms with Crippen molar-refractivity contribution in [2.75, 3.05) is 13.2 Å². The summed E-state index contributed by atoms with van der Waals surface area (Å²) in [5.74, 6) is -1.66. The molecule has 0 spiro atoms. The molecule has 8 heteroatoms. The van der Waals surface area contributed by atoms with E-state index in [4.69, 9.17) is 4.74 Å². The van der Waals surface area contributed by atoms with Gasteiger partial charge < -0.3 is 14.5 Å². The van der Waals surface area contributed by atoms with E-state index < -0.39 is 17.5 Å². The van der Waals surface area contributed by atoms with E-state index in [9.17, 15) is 13.6 Å². The molecule has 1 aliphatic heterocycles. The van der Waals surface area contributed by atoms with E-state index in [1.165, 1.54) is 18.2 Å². The van der Waals surface area contributed by atoms with Crippen molar-refractivity contribution >= 4 is 22.5 Å². The Bertz CT molecular complexity index is 1610. The lowest BCUT2D eigenvalue weighted by atomic mass is 10.0. The van der Waals surface area contributed by atoms with Gasteiger partial charge in [-0.1, -0.05) is 18.2 Å². The van der Waals surface area contributed by atoms with Crippen molar-refractivity contribution in [1.82, 2.24) is 19.7 Å². The average molecular weight is 485 g/mol. The third-order valence-electron chi connectivity index (χ3n) is 6.50. The van der Waals surface area contributed by atoms with Gasteiger partial charge in [0, 0.05) is 48.3 Å². The molecule has 1 amide bonds. The molecule has 1 aliphatic rings. The minimum atomic E-state index is -0.667. The fourth-order valence-corrected chi connectivity index (χ4v) is 4.62. The molecular formula is C28H22F2N4O2. The van der Waals surface area contributed by atoms with Gasteiger partial charge in [0.2, 0.25) is 0 Å². The third-order valence-corrected chi connectivity index (χ3v) is 6.50. The summed E-state index contributed by atoms with van der Waals surface area (Å²) in [5.41, 5.74) is 3.83. The van der Waals surface area contributed by atoms with Crippen LogP contribution in [0.3, 0.4) is 0 Å². The maximum Gasteiger partial charge on any atom is 0.254 e. The highest BCUT2D eigenvalue weighted by atomic mass is 19.1. The number of hydrogen-bond acceptors (Lipinski definition) is 4. The molecule has 5 aromatic rings. The molecule has 0 saturated carbocycles. The highest BCUT2D eigenvalue weighted by molar-refractivity contribution is 5.95. The second kappa shape index (κ2) is 9.13. The lowest BCUT2D eigenvalue weighted by molar-refractivity contribution is 0.0926. The third kappa shape index (κ3) is 4.20. The van der Waals surface area contributed by atoms with Gasteiger partial charge in [-0.3, -0.25) is 9.78 Å². The van der Waals surface area contributed by atoms with Crippen molar-refractivity contribution in [2.45, 2.75) is 18.9 Å². The molecule has 1 fully saturated rings. The van der Waals surface area contributed by atoms with Crippen LogP contribution in [-0.2, 0) is 11.2 Å². The fraction of sp³-hybridized carbons (Fsp3) is 0.179. The van der Waals surface area contributed by atoms with E-state index in [1.807, 2.05) is 24.3 Å². The van der Waals surface area contributed by atoms with Crippen LogP contribution in [0.2, 0.25) is 0 Å². The summed E-state index contributed by atoms with van der Waals surface area (Å²) in [6.45, 7) is 1.00. The summed E-state index contributed by atoms with van der Waals surface area (Å²) in [5, 5.41) is 3.81. The van der Waals surface area contributed by atoms with Crippen molar-refractivity contribution in [3.63, 3.8) is 0 Å². The van der Waals surface area contributed by atoms with E-state index in [-0.39, 0.29) is 17.3 Å². The molecular weight excluding hydrogens is 462 g/mol. The van der Waals surface area contributed by atoms with Gasteiger partial charge in [-0.25, -0.2) is 13.8 Å². The van der Waals surface area contributed by atoms with Gasteiger partial charge >= 0.3 is 0 Å². The van der Waals surface area contributed by atoms with E-state index in [1.54, 1.807) is 29.1 Å². The number of rotatable bonds is 5. The Kier molecular flexibility index (Phi) is 5.65. The van der Waals surface area contributed by atoms with Crippen LogP contribution in [0.25, 0.3) is 27.7 Å². The largest absolute Gasteiger partial charge is 0.379 e. The van der Waals surface area contributed by atoms with Gasteiger partial charge in [0.25, 0.3) is 5.91 Å². The molecule has 1 atom stereocenters. The Morgan fingerprint density at radius 2 is 1.94 bits per heavy atom. The van der Waals surface area contributed by atoms with Gasteiger partial charge in [0.05, 0.1) is 23.7 Å². The number of ether oxygens (including phenoxy) is 1. The molecule has 6 rings (SSSR count). The standard InChI is InChI=1S/C28H22F2N4O2/c29-24-12-18(4-5-23(24)28(35)33-21-7-9-36-16-21)20-13-25(30)27-32-14-22(34(27)15-20)11-17-3-6-26-19(10-17)2-1-8-31-26/h1-6,8,10,12-15,21H,7,9,11,16H2,(H,33,35). The minimum absolute atomic E-state index is 0.0543. The van der Waals surface area contributed by atoms with Crippen LogP contribution in [0.1, 0.15) is 28.0 Å². The zero-order valence-corrected chi connectivity index (χ0v) is 19.2. The summed E-state index contributed by atoms with van der Waals surface area (Å²) < 4.78 is 36.8. The zero-order valence-electron chi connectivity index (χ0n) is 19.2. The number of aromatic nitrogens is 3. The smallest absolute Gasteiger partial charge is 0.254 e. The summed E-state index contributed by atoms with van der Waals surface area (Å²) in [7, 11) is 0. The summed E-state index contributed by atoms with van der Waals surface area (Å²) in [4.78, 5) is 21.1. The van der Waals surface area contributed by atoms with Crippen LogP contribution in [0.15, 0.2) is 73.2 Å². The van der Waals surface area contributed by atoms with E-state index in [0.29, 0.717) is 37.2 Å². The molecule has 2 aromatic carbocycles. The first-order chi connectivity index (χ1) is 17.5. The van der Waals surface area contributed by atoms with Crippen LogP contribution < -0.4 is 5.32 Å². The van der Waals surface area contributed by atoms with Crippen molar-refractivity contribution in [3.8, 4) is 11.1 Å². The van der Waals surface area contributed by atoms with E-state index >= 15 is 0 Å². The van der Waals surface area contributed by atoms with Crippen LogP contribution in [0.5, 0.6) is 0 Å². The Balaban J connectivity index is 1.31. The lowest BCUT2D eigenvalue weighted by Gasteiger charge is -2.12. The van der Waals surface area contributed by atoms with Gasteiger partial charge in [0.15, 0.2) is 11.5 Å². The number of imidazole rings is 1. The molecule has 0 aliphatic carbocycles. The molecule has 1 unspecified atom stereocenters. The maximum absolute atomic E-state index is 15.0.